The normalized spacial score (nSPS) is 12.7. The number of nitrogens with zero attached hydrogens (tertiary/aromatic N) is 1. The van der Waals surface area contributed by atoms with Crippen LogP contribution in [0.15, 0.2) is 70.0 Å². The van der Waals surface area contributed by atoms with Gasteiger partial charge in [0.25, 0.3) is 15.9 Å². The fourth-order valence-corrected chi connectivity index (χ4v) is 4.40. The number of hydrogen-bond acceptors (Lipinski definition) is 7. The van der Waals surface area contributed by atoms with Gasteiger partial charge in [-0.3, -0.25) is 9.52 Å². The van der Waals surface area contributed by atoms with Gasteiger partial charge in [-0.05, 0) is 48.5 Å². The summed E-state index contributed by atoms with van der Waals surface area (Å²) in [6.07, 6.45) is 0. The molecule has 0 radical (unpaired) electrons. The molecule has 5 rings (SSSR count). The van der Waals surface area contributed by atoms with Crippen LogP contribution in [0.3, 0.4) is 0 Å². The lowest BCUT2D eigenvalue weighted by Crippen LogP contribution is -2.16. The number of nitrogens with one attached hydrogen (secondary N) is 2. The highest BCUT2D eigenvalue weighted by Crippen LogP contribution is 2.34. The van der Waals surface area contributed by atoms with Crippen molar-refractivity contribution in [3.63, 3.8) is 0 Å². The van der Waals surface area contributed by atoms with Crippen LogP contribution in [0, 0.1) is 6.92 Å². The average Bonchev–Trinajstić information content (AvgIpc) is 3.38. The Labute approximate surface area is 183 Å². The van der Waals surface area contributed by atoms with Crippen molar-refractivity contribution in [3.05, 3.63) is 72.1 Å². The van der Waals surface area contributed by atoms with Crippen molar-refractivity contribution in [1.82, 2.24) is 4.98 Å². The molecule has 4 aromatic rings. The zero-order chi connectivity index (χ0) is 22.3. The summed E-state index contributed by atoms with van der Waals surface area (Å²) >= 11 is 0. The number of sulfonamides is 1. The number of benzene rings is 3. The number of carbonyl (C=O) groups excluding carboxylic acids is 1. The summed E-state index contributed by atoms with van der Waals surface area (Å²) < 4.78 is 44.1. The van der Waals surface area contributed by atoms with Crippen LogP contribution in [0.25, 0.3) is 11.1 Å². The maximum atomic E-state index is 12.9. The van der Waals surface area contributed by atoms with Gasteiger partial charge < -0.3 is 19.2 Å². The molecule has 2 heterocycles. The SMILES string of the molecule is Cc1nc2cc(NC(=O)c3cccc(S(=O)(=O)Nc4ccc5c(c4)OCO5)c3)ccc2o1. The lowest BCUT2D eigenvalue weighted by atomic mass is 10.2. The van der Waals surface area contributed by atoms with Gasteiger partial charge >= 0.3 is 0 Å². The number of carbonyl (C=O) groups is 1. The van der Waals surface area contributed by atoms with Crippen LogP contribution in [0.1, 0.15) is 16.2 Å². The number of aromatic nitrogens is 1. The maximum absolute atomic E-state index is 12.9. The summed E-state index contributed by atoms with van der Waals surface area (Å²) in [6, 6.07) is 15.6. The van der Waals surface area contributed by atoms with Gasteiger partial charge in [0.05, 0.1) is 10.6 Å². The topological polar surface area (TPSA) is 120 Å². The van der Waals surface area contributed by atoms with E-state index in [0.717, 1.165) is 0 Å². The van der Waals surface area contributed by atoms with E-state index >= 15 is 0 Å². The summed E-state index contributed by atoms with van der Waals surface area (Å²) in [5, 5.41) is 2.75. The third kappa shape index (κ3) is 3.83. The molecule has 0 atom stereocenters. The molecular formula is C22H17N3O6S. The molecule has 32 heavy (non-hydrogen) atoms. The summed E-state index contributed by atoms with van der Waals surface area (Å²) in [4.78, 5) is 16.9. The fraction of sp³-hybridized carbons (Fsp3) is 0.0909. The Hall–Kier alpha value is -4.05. The Morgan fingerprint density at radius 1 is 0.969 bits per heavy atom. The second-order valence-corrected chi connectivity index (χ2v) is 8.75. The summed E-state index contributed by atoms with van der Waals surface area (Å²) in [5.74, 6) is 1.07. The second kappa shape index (κ2) is 7.57. The highest BCUT2D eigenvalue weighted by Gasteiger charge is 2.19. The number of anilines is 2. The molecular weight excluding hydrogens is 434 g/mol. The first kappa shape index (κ1) is 19.9. The molecule has 3 aromatic carbocycles. The van der Waals surface area contributed by atoms with Gasteiger partial charge in [0.2, 0.25) is 6.79 Å². The molecule has 1 aromatic heterocycles. The van der Waals surface area contributed by atoms with Gasteiger partial charge in [0.1, 0.15) is 5.52 Å². The predicted molar refractivity (Wildman–Crippen MR) is 117 cm³/mol. The van der Waals surface area contributed by atoms with Crippen LogP contribution in [0.2, 0.25) is 0 Å². The van der Waals surface area contributed by atoms with Gasteiger partial charge in [-0.25, -0.2) is 13.4 Å². The van der Waals surface area contributed by atoms with Crippen molar-refractivity contribution >= 4 is 38.4 Å². The third-order valence-electron chi connectivity index (χ3n) is 4.78. The van der Waals surface area contributed by atoms with E-state index in [4.69, 9.17) is 13.9 Å². The van der Waals surface area contributed by atoms with Crippen molar-refractivity contribution in [3.8, 4) is 11.5 Å². The molecule has 0 fully saturated rings. The molecule has 0 spiro atoms. The number of amides is 1. The number of oxazole rings is 1. The van der Waals surface area contributed by atoms with Crippen molar-refractivity contribution in [1.29, 1.82) is 0 Å². The molecule has 0 saturated heterocycles. The molecule has 0 bridgehead atoms. The van der Waals surface area contributed by atoms with Gasteiger partial charge in [0.15, 0.2) is 23.0 Å². The zero-order valence-electron chi connectivity index (χ0n) is 16.8. The average molecular weight is 451 g/mol. The number of ether oxygens (including phenoxy) is 2. The first-order valence-corrected chi connectivity index (χ1v) is 11.1. The van der Waals surface area contributed by atoms with Crippen molar-refractivity contribution in [2.75, 3.05) is 16.8 Å². The minimum atomic E-state index is -3.93. The van der Waals surface area contributed by atoms with E-state index in [1.165, 1.54) is 30.3 Å². The van der Waals surface area contributed by atoms with Crippen molar-refractivity contribution in [2.24, 2.45) is 0 Å². The Morgan fingerprint density at radius 2 is 1.78 bits per heavy atom. The third-order valence-corrected chi connectivity index (χ3v) is 6.16. The zero-order valence-corrected chi connectivity index (χ0v) is 17.6. The Balaban J connectivity index is 1.36. The van der Waals surface area contributed by atoms with Crippen LogP contribution in [0.5, 0.6) is 11.5 Å². The van der Waals surface area contributed by atoms with Crippen LogP contribution in [-0.2, 0) is 10.0 Å². The largest absolute Gasteiger partial charge is 0.454 e. The van der Waals surface area contributed by atoms with E-state index in [2.05, 4.69) is 15.0 Å². The quantitative estimate of drug-likeness (QED) is 0.472. The summed E-state index contributed by atoms with van der Waals surface area (Å²) in [6.45, 7) is 1.83. The van der Waals surface area contributed by atoms with Gasteiger partial charge in [0, 0.05) is 24.2 Å². The molecule has 0 saturated carbocycles. The molecule has 1 aliphatic rings. The molecule has 10 heteroatoms. The van der Waals surface area contributed by atoms with Crippen molar-refractivity contribution in [2.45, 2.75) is 11.8 Å². The van der Waals surface area contributed by atoms with Crippen LogP contribution in [-0.4, -0.2) is 26.1 Å². The second-order valence-electron chi connectivity index (χ2n) is 7.07. The number of aryl methyl sites for hydroxylation is 1. The number of fused-ring (bicyclic) bond motifs is 2. The molecule has 1 amide bonds. The van der Waals surface area contributed by atoms with Crippen LogP contribution >= 0.6 is 0 Å². The maximum Gasteiger partial charge on any atom is 0.261 e. The molecule has 162 valence electrons. The van der Waals surface area contributed by atoms with Gasteiger partial charge in [-0.2, -0.15) is 0 Å². The van der Waals surface area contributed by atoms with E-state index in [1.54, 1.807) is 37.3 Å². The minimum Gasteiger partial charge on any atom is -0.454 e. The first-order chi connectivity index (χ1) is 15.4. The van der Waals surface area contributed by atoms with E-state index < -0.39 is 15.9 Å². The van der Waals surface area contributed by atoms with Gasteiger partial charge in [-0.1, -0.05) is 6.07 Å². The molecule has 9 nitrogen and oxygen atoms in total. The van der Waals surface area contributed by atoms with Crippen LogP contribution in [0.4, 0.5) is 11.4 Å². The minimum absolute atomic E-state index is 0.0506. The predicted octanol–water partition coefficient (Wildman–Crippen LogP) is 3.92. The van der Waals surface area contributed by atoms with E-state index in [0.29, 0.717) is 39.9 Å². The van der Waals surface area contributed by atoms with Crippen molar-refractivity contribution < 1.29 is 27.1 Å². The Kier molecular flexibility index (Phi) is 4.71. The standard InChI is InChI=1S/C22H17N3O6S/c1-13-23-18-10-15(5-7-19(18)31-13)24-22(26)14-3-2-4-17(9-14)32(27,28)25-16-6-8-20-21(11-16)30-12-29-20/h2-11,25H,12H2,1H3,(H,24,26). The summed E-state index contributed by atoms with van der Waals surface area (Å²) in [5.41, 5.74) is 2.26. The first-order valence-electron chi connectivity index (χ1n) is 9.58. The highest BCUT2D eigenvalue weighted by atomic mass is 32.2. The molecule has 0 unspecified atom stereocenters. The van der Waals surface area contributed by atoms with E-state index in [9.17, 15) is 13.2 Å². The molecule has 0 aliphatic carbocycles. The number of rotatable bonds is 5. The van der Waals surface area contributed by atoms with E-state index in [1.807, 2.05) is 0 Å². The molecule has 2 N–H and O–H groups in total. The monoisotopic (exact) mass is 451 g/mol. The fourth-order valence-electron chi connectivity index (χ4n) is 3.30. The van der Waals surface area contributed by atoms with E-state index in [-0.39, 0.29) is 17.3 Å². The molecule has 1 aliphatic heterocycles. The highest BCUT2D eigenvalue weighted by molar-refractivity contribution is 7.92. The summed E-state index contributed by atoms with van der Waals surface area (Å²) in [7, 11) is -3.93. The lowest BCUT2D eigenvalue weighted by Gasteiger charge is -2.10. The van der Waals surface area contributed by atoms with Gasteiger partial charge in [-0.15, -0.1) is 0 Å². The Morgan fingerprint density at radius 3 is 2.66 bits per heavy atom. The van der Waals surface area contributed by atoms with Crippen LogP contribution < -0.4 is 19.5 Å². The smallest absolute Gasteiger partial charge is 0.261 e. The number of hydrogen-bond donors (Lipinski definition) is 2. The lowest BCUT2D eigenvalue weighted by molar-refractivity contribution is 0.102. The Bertz CT molecular complexity index is 1460.